The summed E-state index contributed by atoms with van der Waals surface area (Å²) in [7, 11) is -3.56. The summed E-state index contributed by atoms with van der Waals surface area (Å²) < 4.78 is 34.0. The molecule has 1 saturated heterocycles. The molecule has 1 amide bonds. The Bertz CT molecular complexity index is 1420. The molecule has 1 aliphatic rings. The maximum atomic E-state index is 13.7. The van der Waals surface area contributed by atoms with Gasteiger partial charge in [0.2, 0.25) is 10.0 Å². The summed E-state index contributed by atoms with van der Waals surface area (Å²) in [5, 5.41) is 0.563. The van der Waals surface area contributed by atoms with Crippen LogP contribution in [0, 0.1) is 0 Å². The molecule has 0 spiro atoms. The number of carbonyl (C=O) groups excluding carboxylic acids is 1. The molecule has 0 unspecified atom stereocenters. The Labute approximate surface area is 212 Å². The van der Waals surface area contributed by atoms with Gasteiger partial charge in [-0.1, -0.05) is 23.8 Å². The quantitative estimate of drug-likeness (QED) is 0.290. The first-order chi connectivity index (χ1) is 17.0. The molecule has 1 fully saturated rings. The molecule has 0 saturated carbocycles. The summed E-state index contributed by atoms with van der Waals surface area (Å²) in [4.78, 5) is 21.3. The van der Waals surface area contributed by atoms with Gasteiger partial charge in [-0.15, -0.1) is 11.8 Å². The van der Waals surface area contributed by atoms with E-state index in [4.69, 9.17) is 9.40 Å². The average Bonchev–Trinajstić information content (AvgIpc) is 3.57. The van der Waals surface area contributed by atoms with Gasteiger partial charge in [0.05, 0.1) is 27.9 Å². The van der Waals surface area contributed by atoms with Crippen molar-refractivity contribution in [3.8, 4) is 0 Å². The van der Waals surface area contributed by atoms with Gasteiger partial charge in [0.1, 0.15) is 5.76 Å². The second kappa shape index (κ2) is 10.1. The van der Waals surface area contributed by atoms with Crippen molar-refractivity contribution in [2.75, 3.05) is 24.2 Å². The van der Waals surface area contributed by atoms with E-state index in [9.17, 15) is 13.2 Å². The number of carbonyl (C=O) groups is 1. The molecule has 3 heterocycles. The number of thioether (sulfide) groups is 1. The topological polar surface area (TPSA) is 83.7 Å². The van der Waals surface area contributed by atoms with E-state index in [2.05, 4.69) is 0 Å². The summed E-state index contributed by atoms with van der Waals surface area (Å²) in [6.07, 6.45) is 6.37. The van der Waals surface area contributed by atoms with Crippen LogP contribution >= 0.6 is 23.1 Å². The molecule has 1 aliphatic heterocycles. The number of rotatable bonds is 7. The summed E-state index contributed by atoms with van der Waals surface area (Å²) in [6.45, 7) is 1.29. The first-order valence-corrected chi connectivity index (χ1v) is 14.8. The molecular weight excluding hydrogens is 502 g/mol. The van der Waals surface area contributed by atoms with Gasteiger partial charge in [0, 0.05) is 23.5 Å². The molecule has 10 heteroatoms. The lowest BCUT2D eigenvalue weighted by Gasteiger charge is -2.26. The molecule has 35 heavy (non-hydrogen) atoms. The minimum Gasteiger partial charge on any atom is -0.467 e. The molecule has 2 aromatic carbocycles. The lowest BCUT2D eigenvalue weighted by atomic mass is 10.2. The van der Waals surface area contributed by atoms with Crippen LogP contribution in [-0.2, 0) is 16.6 Å². The van der Waals surface area contributed by atoms with Crippen LogP contribution < -0.4 is 4.90 Å². The zero-order valence-corrected chi connectivity index (χ0v) is 21.7. The molecule has 5 rings (SSSR count). The smallest absolute Gasteiger partial charge is 0.260 e. The van der Waals surface area contributed by atoms with Gasteiger partial charge in [0.15, 0.2) is 5.13 Å². The van der Waals surface area contributed by atoms with Crippen LogP contribution in [0.5, 0.6) is 0 Å². The zero-order valence-electron chi connectivity index (χ0n) is 19.2. The number of thiazole rings is 1. The first-order valence-electron chi connectivity index (χ1n) is 11.4. The van der Waals surface area contributed by atoms with Crippen LogP contribution in [0.25, 0.3) is 10.2 Å². The van der Waals surface area contributed by atoms with Crippen molar-refractivity contribution in [2.45, 2.75) is 35.6 Å². The van der Waals surface area contributed by atoms with E-state index in [-0.39, 0.29) is 17.3 Å². The van der Waals surface area contributed by atoms with Crippen molar-refractivity contribution in [3.05, 3.63) is 72.2 Å². The molecule has 0 atom stereocenters. The second-order valence-electron chi connectivity index (χ2n) is 8.26. The number of aromatic nitrogens is 1. The zero-order chi connectivity index (χ0) is 24.4. The van der Waals surface area contributed by atoms with Gasteiger partial charge in [-0.25, -0.2) is 13.4 Å². The molecule has 0 radical (unpaired) electrons. The number of hydrogen-bond donors (Lipinski definition) is 0. The summed E-state index contributed by atoms with van der Waals surface area (Å²) in [6, 6.07) is 15.8. The number of nitrogens with zero attached hydrogens (tertiary/aromatic N) is 3. The Morgan fingerprint density at radius 3 is 2.54 bits per heavy atom. The number of piperidine rings is 1. The predicted molar refractivity (Wildman–Crippen MR) is 140 cm³/mol. The van der Waals surface area contributed by atoms with Gasteiger partial charge in [-0.05, 0) is 67.6 Å². The normalized spacial score (nSPS) is 14.9. The summed E-state index contributed by atoms with van der Waals surface area (Å²) in [5.41, 5.74) is 1.25. The number of para-hydroxylation sites is 1. The molecule has 0 N–H and O–H groups in total. The first kappa shape index (κ1) is 24.1. The van der Waals surface area contributed by atoms with E-state index in [1.165, 1.54) is 27.8 Å². The molecule has 0 bridgehead atoms. The van der Waals surface area contributed by atoms with E-state index < -0.39 is 10.0 Å². The van der Waals surface area contributed by atoms with E-state index in [0.717, 1.165) is 34.4 Å². The van der Waals surface area contributed by atoms with Crippen molar-refractivity contribution in [1.29, 1.82) is 0 Å². The fraction of sp³-hybridized carbons (Fsp3) is 0.280. The van der Waals surface area contributed by atoms with Crippen molar-refractivity contribution < 1.29 is 17.6 Å². The molecule has 182 valence electrons. The third kappa shape index (κ3) is 4.88. The van der Waals surface area contributed by atoms with E-state index in [1.54, 1.807) is 41.1 Å². The van der Waals surface area contributed by atoms with Crippen LogP contribution in [-0.4, -0.2) is 43.0 Å². The van der Waals surface area contributed by atoms with E-state index >= 15 is 0 Å². The number of sulfonamides is 1. The van der Waals surface area contributed by atoms with Gasteiger partial charge in [0.25, 0.3) is 5.91 Å². The third-order valence-electron chi connectivity index (χ3n) is 6.01. The Kier molecular flexibility index (Phi) is 6.97. The minimum atomic E-state index is -3.56. The highest BCUT2D eigenvalue weighted by molar-refractivity contribution is 7.98. The van der Waals surface area contributed by atoms with Gasteiger partial charge >= 0.3 is 0 Å². The number of hydrogen-bond acceptors (Lipinski definition) is 7. The predicted octanol–water partition coefficient (Wildman–Crippen LogP) is 5.63. The Morgan fingerprint density at radius 2 is 1.86 bits per heavy atom. The third-order valence-corrected chi connectivity index (χ3v) is 9.74. The molecule has 0 aliphatic carbocycles. The fourth-order valence-corrected chi connectivity index (χ4v) is 7.29. The van der Waals surface area contributed by atoms with Crippen LogP contribution in [0.1, 0.15) is 35.4 Å². The number of amides is 1. The Hall–Kier alpha value is -2.66. The van der Waals surface area contributed by atoms with Crippen LogP contribution in [0.4, 0.5) is 5.13 Å². The van der Waals surface area contributed by atoms with Crippen molar-refractivity contribution in [2.24, 2.45) is 0 Å². The van der Waals surface area contributed by atoms with Crippen LogP contribution in [0.2, 0.25) is 0 Å². The monoisotopic (exact) mass is 527 g/mol. The summed E-state index contributed by atoms with van der Waals surface area (Å²) in [5.74, 6) is 0.361. The number of furan rings is 1. The summed E-state index contributed by atoms with van der Waals surface area (Å²) >= 11 is 3.05. The molecule has 4 aromatic rings. The molecule has 7 nitrogen and oxygen atoms in total. The minimum absolute atomic E-state index is 0.207. The highest BCUT2D eigenvalue weighted by atomic mass is 32.2. The number of anilines is 1. The van der Waals surface area contributed by atoms with E-state index in [1.807, 2.05) is 30.5 Å². The average molecular weight is 528 g/mol. The van der Waals surface area contributed by atoms with Crippen molar-refractivity contribution in [3.63, 3.8) is 0 Å². The Balaban J connectivity index is 1.47. The molecular formula is C25H25N3O4S3. The van der Waals surface area contributed by atoms with Gasteiger partial charge in [-0.3, -0.25) is 9.69 Å². The highest BCUT2D eigenvalue weighted by Gasteiger charge is 2.27. The van der Waals surface area contributed by atoms with Crippen LogP contribution in [0.15, 0.2) is 75.1 Å². The standard InChI is InChI=1S/C25H25N3O4S3/c1-33-21-8-5-9-22-23(21)26-25(34-22)28(17-19-7-6-16-32-19)24(29)18-10-12-20(13-11-18)35(30,31)27-14-3-2-4-15-27/h5-13,16H,2-4,14-15,17H2,1H3. The van der Waals surface area contributed by atoms with Crippen molar-refractivity contribution >= 4 is 54.4 Å². The van der Waals surface area contributed by atoms with Gasteiger partial charge < -0.3 is 4.42 Å². The second-order valence-corrected chi connectivity index (χ2v) is 12.1. The van der Waals surface area contributed by atoms with E-state index in [0.29, 0.717) is 29.5 Å². The molecule has 2 aromatic heterocycles. The Morgan fingerprint density at radius 1 is 1.09 bits per heavy atom. The largest absolute Gasteiger partial charge is 0.467 e. The lowest BCUT2D eigenvalue weighted by molar-refractivity contribution is 0.0983. The van der Waals surface area contributed by atoms with Crippen LogP contribution in [0.3, 0.4) is 0 Å². The SMILES string of the molecule is CSc1cccc2sc(N(Cc3ccco3)C(=O)c3ccc(S(=O)(=O)N4CCCCC4)cc3)nc12. The number of fused-ring (bicyclic) bond motifs is 1. The fourth-order valence-electron chi connectivity index (χ4n) is 4.16. The van der Waals surface area contributed by atoms with Crippen molar-refractivity contribution in [1.82, 2.24) is 9.29 Å². The highest BCUT2D eigenvalue weighted by Crippen LogP contribution is 2.35. The maximum Gasteiger partial charge on any atom is 0.260 e. The lowest BCUT2D eigenvalue weighted by Crippen LogP contribution is -2.35. The number of benzene rings is 2. The maximum absolute atomic E-state index is 13.7. The van der Waals surface area contributed by atoms with Gasteiger partial charge in [-0.2, -0.15) is 4.31 Å².